The van der Waals surface area contributed by atoms with Gasteiger partial charge in [-0.3, -0.25) is 0 Å². The minimum atomic E-state index is 0.275. The van der Waals surface area contributed by atoms with Gasteiger partial charge in [-0.15, -0.1) is 11.3 Å². The predicted octanol–water partition coefficient (Wildman–Crippen LogP) is 7.76. The maximum atomic E-state index is 3.52. The van der Waals surface area contributed by atoms with Gasteiger partial charge in [0, 0.05) is 20.2 Å². The Kier molecular flexibility index (Phi) is 5.36. The molecule has 2 aromatic carbocycles. The molecule has 5 rings (SSSR count). The van der Waals surface area contributed by atoms with Crippen LogP contribution in [0.5, 0.6) is 0 Å². The third-order valence-corrected chi connectivity index (χ3v) is 7.15. The Morgan fingerprint density at radius 3 is 2.44 bits per heavy atom. The van der Waals surface area contributed by atoms with E-state index in [9.17, 15) is 0 Å². The molecule has 1 aliphatic carbocycles. The molecule has 1 saturated carbocycles. The maximum absolute atomic E-state index is 3.52. The molecule has 1 nitrogen and oxygen atoms in total. The van der Waals surface area contributed by atoms with Gasteiger partial charge in [-0.25, -0.2) is 0 Å². The molecule has 3 aromatic rings. The fourth-order valence-electron chi connectivity index (χ4n) is 4.57. The first-order valence-electron chi connectivity index (χ1n) is 10.4. The normalized spacial score (nSPS) is 19.3. The minimum Gasteiger partial charge on any atom is -0.381 e. The summed E-state index contributed by atoms with van der Waals surface area (Å²) in [5.41, 5.74) is 4.41. The van der Waals surface area contributed by atoms with Gasteiger partial charge < -0.3 is 5.32 Å². The highest BCUT2D eigenvalue weighted by molar-refractivity contribution is 7.26. The first kappa shape index (κ1) is 18.3. The van der Waals surface area contributed by atoms with Crippen LogP contribution < -0.4 is 5.32 Å². The van der Waals surface area contributed by atoms with Crippen LogP contribution in [0.4, 0.5) is 0 Å². The van der Waals surface area contributed by atoms with Crippen molar-refractivity contribution in [2.24, 2.45) is 0 Å². The molecule has 1 unspecified atom stereocenters. The molecule has 1 aliphatic heterocycles. The summed E-state index contributed by atoms with van der Waals surface area (Å²) >= 11 is 2.01. The number of allylic oxidation sites excluding steroid dienone is 2. The maximum Gasteiger partial charge on any atom is 0.0712 e. The number of benzene rings is 2. The van der Waals surface area contributed by atoms with E-state index in [1.165, 1.54) is 57.0 Å². The Labute approximate surface area is 166 Å². The summed E-state index contributed by atoms with van der Waals surface area (Å²) in [4.78, 5) is 0. The number of thiophene rings is 1. The van der Waals surface area contributed by atoms with Crippen molar-refractivity contribution in [2.45, 2.75) is 58.4 Å². The Hall–Kier alpha value is -2.06. The van der Waals surface area contributed by atoms with Gasteiger partial charge in [0.25, 0.3) is 0 Å². The lowest BCUT2D eigenvalue weighted by Gasteiger charge is -2.19. The van der Waals surface area contributed by atoms with Crippen molar-refractivity contribution in [1.29, 1.82) is 0 Å². The molecule has 1 aromatic heterocycles. The van der Waals surface area contributed by atoms with Crippen molar-refractivity contribution in [1.82, 2.24) is 5.32 Å². The molecule has 0 saturated heterocycles. The largest absolute Gasteiger partial charge is 0.381 e. The van der Waals surface area contributed by atoms with Gasteiger partial charge in [-0.1, -0.05) is 69.2 Å². The smallest absolute Gasteiger partial charge is 0.0712 e. The molecular weight excluding hydrogens is 346 g/mol. The Morgan fingerprint density at radius 1 is 0.926 bits per heavy atom. The molecule has 1 atom stereocenters. The van der Waals surface area contributed by atoms with Crippen molar-refractivity contribution in [3.63, 3.8) is 0 Å². The zero-order chi connectivity index (χ0) is 18.8. The standard InChI is InChI=1S/C23H23NS.C2H6/c1-15-12-13-19-18-10-6-9-17(16-7-2-3-8-16)22(18)25-23(19)21(15)20-11-4-5-14-24-20;1-2/h4-6,9-14,16,20,24H,2-3,7-8H2,1H3;1-2H3. The van der Waals surface area contributed by atoms with Crippen molar-refractivity contribution >= 4 is 31.5 Å². The van der Waals surface area contributed by atoms with Gasteiger partial charge >= 0.3 is 0 Å². The number of nitrogens with one attached hydrogen (secondary N) is 1. The van der Waals surface area contributed by atoms with Crippen LogP contribution in [0, 0.1) is 6.92 Å². The van der Waals surface area contributed by atoms with Crippen LogP contribution in [-0.4, -0.2) is 0 Å². The molecule has 0 radical (unpaired) electrons. The summed E-state index contributed by atoms with van der Waals surface area (Å²) in [6.45, 7) is 6.24. The zero-order valence-corrected chi connectivity index (χ0v) is 17.4. The summed E-state index contributed by atoms with van der Waals surface area (Å²) in [6.07, 6.45) is 14.0. The third-order valence-electron chi connectivity index (χ3n) is 5.85. The quantitative estimate of drug-likeness (QED) is 0.482. The Balaban J connectivity index is 0.000000872. The highest BCUT2D eigenvalue weighted by atomic mass is 32.1. The fraction of sp³-hybridized carbons (Fsp3) is 0.360. The lowest BCUT2D eigenvalue weighted by Crippen LogP contribution is -2.16. The molecule has 0 amide bonds. The van der Waals surface area contributed by atoms with Gasteiger partial charge in [-0.2, -0.15) is 0 Å². The number of dihydropyridines is 1. The summed E-state index contributed by atoms with van der Waals surface area (Å²) in [5.74, 6) is 0.761. The molecule has 1 fully saturated rings. The number of rotatable bonds is 2. The van der Waals surface area contributed by atoms with Crippen LogP contribution in [0.2, 0.25) is 0 Å². The lowest BCUT2D eigenvalue weighted by molar-refractivity contribution is 0.730. The van der Waals surface area contributed by atoms with Gasteiger partial charge in [0.2, 0.25) is 0 Å². The minimum absolute atomic E-state index is 0.275. The average molecular weight is 376 g/mol. The molecule has 2 heteroatoms. The van der Waals surface area contributed by atoms with Crippen LogP contribution >= 0.6 is 11.3 Å². The molecular formula is C25H29NS. The number of fused-ring (bicyclic) bond motifs is 3. The predicted molar refractivity (Wildman–Crippen MR) is 121 cm³/mol. The van der Waals surface area contributed by atoms with E-state index in [0.717, 1.165) is 5.92 Å². The van der Waals surface area contributed by atoms with Crippen molar-refractivity contribution in [3.05, 3.63) is 71.5 Å². The van der Waals surface area contributed by atoms with E-state index in [-0.39, 0.29) is 6.04 Å². The van der Waals surface area contributed by atoms with E-state index in [2.05, 4.69) is 67.0 Å². The van der Waals surface area contributed by atoms with Crippen LogP contribution in [0.1, 0.15) is 68.2 Å². The van der Waals surface area contributed by atoms with E-state index < -0.39 is 0 Å². The summed E-state index contributed by atoms with van der Waals surface area (Å²) in [5, 5.41) is 6.39. The van der Waals surface area contributed by atoms with Crippen molar-refractivity contribution in [3.8, 4) is 0 Å². The Morgan fingerprint density at radius 2 is 1.70 bits per heavy atom. The highest BCUT2D eigenvalue weighted by Gasteiger charge is 2.22. The fourth-order valence-corrected chi connectivity index (χ4v) is 6.10. The second kappa shape index (κ2) is 7.90. The monoisotopic (exact) mass is 375 g/mol. The highest BCUT2D eigenvalue weighted by Crippen LogP contribution is 2.45. The third kappa shape index (κ3) is 3.21. The van der Waals surface area contributed by atoms with Crippen molar-refractivity contribution < 1.29 is 0 Å². The number of hydrogen-bond donors (Lipinski definition) is 1. The topological polar surface area (TPSA) is 12.0 Å². The van der Waals surface area contributed by atoms with E-state index in [0.29, 0.717) is 0 Å². The summed E-state index contributed by atoms with van der Waals surface area (Å²) < 4.78 is 2.98. The molecule has 0 bridgehead atoms. The summed E-state index contributed by atoms with van der Waals surface area (Å²) in [6, 6.07) is 11.9. The van der Waals surface area contributed by atoms with E-state index >= 15 is 0 Å². The van der Waals surface area contributed by atoms with Crippen molar-refractivity contribution in [2.75, 3.05) is 0 Å². The van der Waals surface area contributed by atoms with Crippen LogP contribution in [0.3, 0.4) is 0 Å². The SMILES string of the molecule is CC.Cc1ccc2c(sc3c(C4CCCC4)cccc32)c1C1C=CC=CN1. The Bertz CT molecular complexity index is 1000. The molecule has 140 valence electrons. The van der Waals surface area contributed by atoms with Gasteiger partial charge in [0.05, 0.1) is 6.04 Å². The van der Waals surface area contributed by atoms with Gasteiger partial charge in [0.1, 0.15) is 0 Å². The number of aryl methyl sites for hydroxylation is 1. The summed E-state index contributed by atoms with van der Waals surface area (Å²) in [7, 11) is 0. The second-order valence-electron chi connectivity index (χ2n) is 7.37. The average Bonchev–Trinajstić information content (AvgIpc) is 3.38. The van der Waals surface area contributed by atoms with Crippen LogP contribution in [-0.2, 0) is 0 Å². The molecule has 0 spiro atoms. The number of hydrogen-bond acceptors (Lipinski definition) is 2. The first-order chi connectivity index (χ1) is 13.3. The molecule has 2 aliphatic rings. The lowest BCUT2D eigenvalue weighted by atomic mass is 9.94. The molecule has 2 heterocycles. The zero-order valence-electron chi connectivity index (χ0n) is 16.6. The van der Waals surface area contributed by atoms with E-state index in [4.69, 9.17) is 0 Å². The first-order valence-corrected chi connectivity index (χ1v) is 11.2. The molecule has 1 N–H and O–H groups in total. The van der Waals surface area contributed by atoms with E-state index in [1.807, 2.05) is 25.2 Å². The van der Waals surface area contributed by atoms with E-state index in [1.54, 1.807) is 5.56 Å². The van der Waals surface area contributed by atoms with Gasteiger partial charge in [0.15, 0.2) is 0 Å². The van der Waals surface area contributed by atoms with Crippen LogP contribution in [0.15, 0.2) is 54.8 Å². The second-order valence-corrected chi connectivity index (χ2v) is 8.39. The van der Waals surface area contributed by atoms with Crippen LogP contribution in [0.25, 0.3) is 20.2 Å². The van der Waals surface area contributed by atoms with Gasteiger partial charge in [-0.05, 0) is 54.6 Å². The molecule has 27 heavy (non-hydrogen) atoms.